The third-order valence-electron chi connectivity index (χ3n) is 2.78. The molecule has 1 N–H and O–H groups in total. The summed E-state index contributed by atoms with van der Waals surface area (Å²) >= 11 is 6.63. The largest absolute Gasteiger partial charge is 0.494 e. The van der Waals surface area contributed by atoms with Crippen molar-refractivity contribution in [2.75, 3.05) is 6.61 Å². The predicted molar refractivity (Wildman–Crippen MR) is 83.5 cm³/mol. The maximum Gasteiger partial charge on any atom is 0.124 e. The van der Waals surface area contributed by atoms with Gasteiger partial charge in [-0.15, -0.1) is 0 Å². The van der Waals surface area contributed by atoms with Gasteiger partial charge in [0, 0.05) is 8.95 Å². The maximum absolute atomic E-state index is 13.4. The van der Waals surface area contributed by atoms with E-state index in [0.29, 0.717) is 22.2 Å². The molecule has 0 aromatic heterocycles. The third kappa shape index (κ3) is 3.59. The minimum atomic E-state index is -0.910. The molecule has 0 heterocycles. The molecule has 0 amide bonds. The molecule has 5 heteroatoms. The number of hydrogen-bond acceptors (Lipinski definition) is 2. The highest BCUT2D eigenvalue weighted by molar-refractivity contribution is 9.10. The lowest BCUT2D eigenvalue weighted by Gasteiger charge is -2.15. The Hall–Kier alpha value is -0.910. The van der Waals surface area contributed by atoms with Crippen LogP contribution in [0.25, 0.3) is 0 Å². The fraction of sp³-hybridized carbons (Fsp3) is 0.200. The van der Waals surface area contributed by atoms with Gasteiger partial charge in [0.15, 0.2) is 0 Å². The van der Waals surface area contributed by atoms with Gasteiger partial charge in [-0.3, -0.25) is 0 Å². The Labute approximate surface area is 133 Å². The molecule has 1 unspecified atom stereocenters. The van der Waals surface area contributed by atoms with E-state index in [4.69, 9.17) is 4.74 Å². The Bertz CT molecular complexity index is 597. The van der Waals surface area contributed by atoms with E-state index in [1.165, 1.54) is 12.1 Å². The van der Waals surface area contributed by atoms with E-state index < -0.39 is 11.9 Å². The van der Waals surface area contributed by atoms with Crippen molar-refractivity contribution < 1.29 is 14.2 Å². The smallest absolute Gasteiger partial charge is 0.124 e. The summed E-state index contributed by atoms with van der Waals surface area (Å²) in [6.45, 7) is 2.48. The van der Waals surface area contributed by atoms with Crippen molar-refractivity contribution in [1.82, 2.24) is 0 Å². The molecule has 0 aliphatic heterocycles. The first-order valence-corrected chi connectivity index (χ1v) is 7.66. The molecule has 0 aliphatic carbocycles. The second-order valence-electron chi connectivity index (χ2n) is 4.22. The predicted octanol–water partition coefficient (Wildman–Crippen LogP) is 4.83. The average molecular weight is 404 g/mol. The van der Waals surface area contributed by atoms with Crippen LogP contribution < -0.4 is 4.74 Å². The molecule has 0 saturated carbocycles. The maximum atomic E-state index is 13.4. The van der Waals surface area contributed by atoms with Gasteiger partial charge in [-0.1, -0.05) is 37.9 Å². The molecule has 1 atom stereocenters. The van der Waals surface area contributed by atoms with E-state index in [9.17, 15) is 9.50 Å². The van der Waals surface area contributed by atoms with Crippen LogP contribution in [0, 0.1) is 5.82 Å². The summed E-state index contributed by atoms with van der Waals surface area (Å²) in [6.07, 6.45) is -0.910. The molecule has 20 heavy (non-hydrogen) atoms. The molecule has 0 aliphatic rings. The number of rotatable bonds is 4. The summed E-state index contributed by atoms with van der Waals surface area (Å²) in [6, 6.07) is 9.69. The minimum absolute atomic E-state index is 0.393. The lowest BCUT2D eigenvalue weighted by atomic mass is 10.0. The van der Waals surface area contributed by atoms with Crippen molar-refractivity contribution in [3.05, 3.63) is 62.3 Å². The zero-order valence-corrected chi connectivity index (χ0v) is 13.9. The average Bonchev–Trinajstić information content (AvgIpc) is 2.37. The van der Waals surface area contributed by atoms with Crippen LogP contribution in [0.2, 0.25) is 0 Å². The van der Waals surface area contributed by atoms with Gasteiger partial charge in [0.05, 0.1) is 6.61 Å². The number of benzene rings is 2. The van der Waals surface area contributed by atoms with Crippen molar-refractivity contribution >= 4 is 31.9 Å². The highest BCUT2D eigenvalue weighted by Gasteiger charge is 2.15. The van der Waals surface area contributed by atoms with Gasteiger partial charge in [0.25, 0.3) is 0 Å². The van der Waals surface area contributed by atoms with Gasteiger partial charge < -0.3 is 9.84 Å². The fourth-order valence-corrected chi connectivity index (χ4v) is 2.96. The van der Waals surface area contributed by atoms with Crippen LogP contribution in [-0.4, -0.2) is 11.7 Å². The van der Waals surface area contributed by atoms with Gasteiger partial charge in [0.2, 0.25) is 0 Å². The minimum Gasteiger partial charge on any atom is -0.494 e. The van der Waals surface area contributed by atoms with Crippen molar-refractivity contribution in [3.63, 3.8) is 0 Å². The van der Waals surface area contributed by atoms with Crippen molar-refractivity contribution in [2.45, 2.75) is 13.0 Å². The molecule has 0 spiro atoms. The second-order valence-corrected chi connectivity index (χ2v) is 5.99. The van der Waals surface area contributed by atoms with Crippen molar-refractivity contribution in [2.24, 2.45) is 0 Å². The molecule has 2 aromatic rings. The van der Waals surface area contributed by atoms with E-state index in [2.05, 4.69) is 31.9 Å². The van der Waals surface area contributed by atoms with Crippen molar-refractivity contribution in [3.8, 4) is 5.75 Å². The van der Waals surface area contributed by atoms with Crippen LogP contribution in [0.4, 0.5) is 4.39 Å². The van der Waals surface area contributed by atoms with Crippen LogP contribution >= 0.6 is 31.9 Å². The molecule has 0 fully saturated rings. The highest BCUT2D eigenvalue weighted by atomic mass is 79.9. The van der Waals surface area contributed by atoms with E-state index in [1.807, 2.05) is 6.92 Å². The zero-order valence-electron chi connectivity index (χ0n) is 10.7. The van der Waals surface area contributed by atoms with E-state index >= 15 is 0 Å². The SMILES string of the molecule is CCOc1ccc(C(O)c2cc(F)cc(Br)c2)c(Br)c1. The Morgan fingerprint density at radius 3 is 2.55 bits per heavy atom. The normalized spacial score (nSPS) is 12.2. The molecular formula is C15H13Br2FO2. The number of ether oxygens (including phenoxy) is 1. The van der Waals surface area contributed by atoms with Gasteiger partial charge >= 0.3 is 0 Å². The van der Waals surface area contributed by atoms with Gasteiger partial charge in [-0.25, -0.2) is 4.39 Å². The van der Waals surface area contributed by atoms with Gasteiger partial charge in [0.1, 0.15) is 17.7 Å². The summed E-state index contributed by atoms with van der Waals surface area (Å²) in [7, 11) is 0. The molecular weight excluding hydrogens is 391 g/mol. The first-order valence-electron chi connectivity index (χ1n) is 6.07. The van der Waals surface area contributed by atoms with Crippen molar-refractivity contribution in [1.29, 1.82) is 0 Å². The number of hydrogen-bond donors (Lipinski definition) is 1. The lowest BCUT2D eigenvalue weighted by molar-refractivity contribution is 0.218. The first-order chi connectivity index (χ1) is 9.51. The molecule has 0 saturated heterocycles. The molecule has 0 radical (unpaired) electrons. The fourth-order valence-electron chi connectivity index (χ4n) is 1.90. The Morgan fingerprint density at radius 2 is 1.95 bits per heavy atom. The van der Waals surface area contributed by atoms with Crippen LogP contribution in [0.1, 0.15) is 24.2 Å². The van der Waals surface area contributed by atoms with E-state index in [-0.39, 0.29) is 0 Å². The Kier molecular flexibility index (Phi) is 5.18. The number of aliphatic hydroxyl groups excluding tert-OH is 1. The summed E-state index contributed by atoms with van der Waals surface area (Å²) in [4.78, 5) is 0. The number of aliphatic hydroxyl groups is 1. The molecule has 2 rings (SSSR count). The quantitative estimate of drug-likeness (QED) is 0.791. The summed E-state index contributed by atoms with van der Waals surface area (Å²) in [5.41, 5.74) is 1.15. The monoisotopic (exact) mass is 402 g/mol. The molecule has 0 bridgehead atoms. The third-order valence-corrected chi connectivity index (χ3v) is 3.92. The first kappa shape index (κ1) is 15.5. The van der Waals surface area contributed by atoms with E-state index in [0.717, 1.165) is 10.2 Å². The van der Waals surface area contributed by atoms with Gasteiger partial charge in [-0.2, -0.15) is 0 Å². The zero-order chi connectivity index (χ0) is 14.7. The number of halogens is 3. The highest BCUT2D eigenvalue weighted by Crippen LogP contribution is 2.32. The summed E-state index contributed by atoms with van der Waals surface area (Å²) in [5.74, 6) is 0.325. The Morgan fingerprint density at radius 1 is 1.20 bits per heavy atom. The van der Waals surface area contributed by atoms with E-state index in [1.54, 1.807) is 24.3 Å². The molecule has 2 nitrogen and oxygen atoms in total. The standard InChI is InChI=1S/C15H13Br2FO2/c1-2-20-12-3-4-13(14(17)8-12)15(19)9-5-10(16)7-11(18)6-9/h3-8,15,19H,2H2,1H3. The summed E-state index contributed by atoms with van der Waals surface area (Å²) in [5, 5.41) is 10.4. The molecule has 2 aromatic carbocycles. The van der Waals surface area contributed by atoms with Crippen LogP contribution in [0.5, 0.6) is 5.75 Å². The molecule has 106 valence electrons. The van der Waals surface area contributed by atoms with Crippen LogP contribution in [0.15, 0.2) is 45.3 Å². The Balaban J connectivity index is 2.35. The van der Waals surface area contributed by atoms with Gasteiger partial charge in [-0.05, 0) is 48.4 Å². The summed E-state index contributed by atoms with van der Waals surface area (Å²) < 4.78 is 20.1. The van der Waals surface area contributed by atoms with Crippen LogP contribution in [0.3, 0.4) is 0 Å². The second kappa shape index (κ2) is 6.70. The van der Waals surface area contributed by atoms with Crippen LogP contribution in [-0.2, 0) is 0 Å². The topological polar surface area (TPSA) is 29.5 Å². The lowest BCUT2D eigenvalue weighted by Crippen LogP contribution is -2.02.